The van der Waals surface area contributed by atoms with Gasteiger partial charge in [0, 0.05) is 28.6 Å². The van der Waals surface area contributed by atoms with E-state index in [1.54, 1.807) is 0 Å². The van der Waals surface area contributed by atoms with Crippen LogP contribution in [0.15, 0.2) is 24.3 Å². The van der Waals surface area contributed by atoms with Crippen molar-refractivity contribution in [2.75, 3.05) is 5.75 Å². The second-order valence-electron chi connectivity index (χ2n) is 4.89. The van der Waals surface area contributed by atoms with Crippen LogP contribution in [-0.4, -0.2) is 21.3 Å². The average molecular weight is 251 g/mol. The predicted molar refractivity (Wildman–Crippen MR) is 73.6 cm³/mol. The van der Waals surface area contributed by atoms with E-state index in [9.17, 15) is 4.21 Å². The molecule has 0 radical (unpaired) electrons. The monoisotopic (exact) mass is 251 g/mol. The molecule has 2 nitrogen and oxygen atoms in total. The Balaban J connectivity index is 2.21. The Morgan fingerprint density at radius 2 is 1.94 bits per heavy atom. The Hall–Kier alpha value is -0.670. The molecule has 94 valence electrons. The predicted octanol–water partition coefficient (Wildman–Crippen LogP) is 2.42. The van der Waals surface area contributed by atoms with Crippen LogP contribution in [0.4, 0.5) is 0 Å². The first-order chi connectivity index (χ1) is 8.11. The van der Waals surface area contributed by atoms with Gasteiger partial charge in [0.1, 0.15) is 0 Å². The summed E-state index contributed by atoms with van der Waals surface area (Å²) in [5.74, 6) is 0.769. The molecule has 0 aliphatic carbocycles. The van der Waals surface area contributed by atoms with Crippen LogP contribution in [0.1, 0.15) is 37.9 Å². The number of benzene rings is 1. The van der Waals surface area contributed by atoms with Crippen LogP contribution >= 0.6 is 0 Å². The Morgan fingerprint density at radius 1 is 1.29 bits per heavy atom. The van der Waals surface area contributed by atoms with Gasteiger partial charge in [0.05, 0.1) is 5.25 Å². The maximum atomic E-state index is 12.0. The number of nitrogens with one attached hydrogen (secondary N) is 1. The molecule has 17 heavy (non-hydrogen) atoms. The Labute approximate surface area is 106 Å². The third-order valence-corrected chi connectivity index (χ3v) is 5.44. The van der Waals surface area contributed by atoms with Gasteiger partial charge in [0.15, 0.2) is 0 Å². The molecule has 1 aromatic rings. The van der Waals surface area contributed by atoms with Gasteiger partial charge in [0.2, 0.25) is 0 Å². The Morgan fingerprint density at radius 3 is 2.53 bits per heavy atom. The molecule has 3 heteroatoms. The Bertz CT molecular complexity index is 401. The highest BCUT2D eigenvalue weighted by atomic mass is 32.2. The summed E-state index contributed by atoms with van der Waals surface area (Å²) in [7, 11) is -0.715. The summed E-state index contributed by atoms with van der Waals surface area (Å²) in [6.45, 7) is 6.35. The molecular weight excluding hydrogens is 230 g/mol. The van der Waals surface area contributed by atoms with Crippen molar-refractivity contribution in [2.24, 2.45) is 0 Å². The molecular formula is C14H21NOS. The van der Waals surface area contributed by atoms with E-state index >= 15 is 0 Å². The van der Waals surface area contributed by atoms with Crippen LogP contribution in [0.5, 0.6) is 0 Å². The topological polar surface area (TPSA) is 29.1 Å². The molecule has 0 bridgehead atoms. The third-order valence-electron chi connectivity index (χ3n) is 3.51. The number of hydrogen-bond donors (Lipinski definition) is 1. The lowest BCUT2D eigenvalue weighted by atomic mass is 10.0. The molecule has 4 unspecified atom stereocenters. The van der Waals surface area contributed by atoms with Crippen LogP contribution in [0.3, 0.4) is 0 Å². The van der Waals surface area contributed by atoms with Crippen molar-refractivity contribution < 1.29 is 4.21 Å². The highest BCUT2D eigenvalue weighted by molar-refractivity contribution is 7.85. The summed E-state index contributed by atoms with van der Waals surface area (Å²) in [4.78, 5) is 0. The zero-order chi connectivity index (χ0) is 12.4. The van der Waals surface area contributed by atoms with E-state index < -0.39 is 10.8 Å². The number of hydrogen-bond acceptors (Lipinski definition) is 2. The van der Waals surface area contributed by atoms with Crippen molar-refractivity contribution in [1.29, 1.82) is 0 Å². The molecule has 1 fully saturated rings. The molecule has 0 aromatic heterocycles. The van der Waals surface area contributed by atoms with E-state index in [2.05, 4.69) is 50.4 Å². The highest BCUT2D eigenvalue weighted by Crippen LogP contribution is 2.25. The third kappa shape index (κ3) is 2.78. The summed E-state index contributed by atoms with van der Waals surface area (Å²) in [6.07, 6.45) is 1.07. The van der Waals surface area contributed by atoms with E-state index in [1.807, 2.05) is 0 Å². The maximum absolute atomic E-state index is 12.0. The van der Waals surface area contributed by atoms with E-state index in [-0.39, 0.29) is 11.3 Å². The summed E-state index contributed by atoms with van der Waals surface area (Å²) < 4.78 is 12.0. The van der Waals surface area contributed by atoms with Gasteiger partial charge in [-0.25, -0.2) is 0 Å². The van der Waals surface area contributed by atoms with Crippen molar-refractivity contribution >= 4 is 10.8 Å². The molecule has 1 aliphatic heterocycles. The van der Waals surface area contributed by atoms with Crippen molar-refractivity contribution in [1.82, 2.24) is 5.32 Å². The van der Waals surface area contributed by atoms with Gasteiger partial charge < -0.3 is 5.32 Å². The van der Waals surface area contributed by atoms with Gasteiger partial charge in [0.25, 0.3) is 0 Å². The van der Waals surface area contributed by atoms with Gasteiger partial charge in [-0.3, -0.25) is 4.21 Å². The zero-order valence-corrected chi connectivity index (χ0v) is 11.6. The summed E-state index contributed by atoms with van der Waals surface area (Å²) >= 11 is 0. The summed E-state index contributed by atoms with van der Waals surface area (Å²) in [6, 6.07) is 9.25. The highest BCUT2D eigenvalue weighted by Gasteiger charge is 2.31. The van der Waals surface area contributed by atoms with E-state index in [4.69, 9.17) is 0 Å². The molecule has 1 aliphatic rings. The van der Waals surface area contributed by atoms with Gasteiger partial charge in [-0.05, 0) is 31.4 Å². The minimum Gasteiger partial charge on any atom is -0.305 e. The van der Waals surface area contributed by atoms with Crippen LogP contribution in [0, 0.1) is 0 Å². The standard InChI is InChI=1S/C14H21NOS/c1-4-12-5-7-13(8-6-12)14-11(3)17(16)9-10(2)15-14/h5-8,10-11,14-15H,4,9H2,1-3H3. The van der Waals surface area contributed by atoms with Gasteiger partial charge in [-0.15, -0.1) is 0 Å². The van der Waals surface area contributed by atoms with Gasteiger partial charge >= 0.3 is 0 Å². The average Bonchev–Trinajstić information content (AvgIpc) is 2.34. The zero-order valence-electron chi connectivity index (χ0n) is 10.8. The molecule has 0 spiro atoms. The van der Waals surface area contributed by atoms with Crippen molar-refractivity contribution in [2.45, 2.75) is 44.5 Å². The summed E-state index contributed by atoms with van der Waals surface area (Å²) in [5, 5.41) is 3.75. The number of aryl methyl sites for hydroxylation is 1. The number of rotatable bonds is 2. The minimum atomic E-state index is -0.715. The first-order valence-electron chi connectivity index (χ1n) is 6.34. The quantitative estimate of drug-likeness (QED) is 0.874. The van der Waals surface area contributed by atoms with E-state index in [0.29, 0.717) is 6.04 Å². The fourth-order valence-corrected chi connectivity index (χ4v) is 3.80. The van der Waals surface area contributed by atoms with E-state index in [1.165, 1.54) is 11.1 Å². The lowest BCUT2D eigenvalue weighted by Crippen LogP contribution is -2.47. The van der Waals surface area contributed by atoms with Crippen LogP contribution < -0.4 is 5.32 Å². The molecule has 1 saturated heterocycles. The fraction of sp³-hybridized carbons (Fsp3) is 0.571. The smallest absolute Gasteiger partial charge is 0.0515 e. The normalized spacial score (nSPS) is 33.6. The molecule has 2 rings (SSSR count). The van der Waals surface area contributed by atoms with Gasteiger partial charge in [-0.2, -0.15) is 0 Å². The molecule has 1 aromatic carbocycles. The van der Waals surface area contributed by atoms with E-state index in [0.717, 1.165) is 12.2 Å². The second kappa shape index (κ2) is 5.32. The maximum Gasteiger partial charge on any atom is 0.0515 e. The van der Waals surface area contributed by atoms with Crippen LogP contribution in [0.25, 0.3) is 0 Å². The van der Waals surface area contributed by atoms with Gasteiger partial charge in [-0.1, -0.05) is 31.2 Å². The lowest BCUT2D eigenvalue weighted by molar-refractivity contribution is 0.447. The lowest BCUT2D eigenvalue weighted by Gasteiger charge is -2.34. The molecule has 0 saturated carbocycles. The first-order valence-corrected chi connectivity index (χ1v) is 7.72. The van der Waals surface area contributed by atoms with Crippen molar-refractivity contribution in [3.8, 4) is 0 Å². The minimum absolute atomic E-state index is 0.193. The summed E-state index contributed by atoms with van der Waals surface area (Å²) in [5.41, 5.74) is 2.61. The molecule has 1 heterocycles. The van der Waals surface area contributed by atoms with Crippen molar-refractivity contribution in [3.63, 3.8) is 0 Å². The largest absolute Gasteiger partial charge is 0.305 e. The molecule has 0 amide bonds. The SMILES string of the molecule is CCc1ccc(C2NC(C)CS(=O)C2C)cc1. The van der Waals surface area contributed by atoms with Crippen LogP contribution in [0.2, 0.25) is 0 Å². The van der Waals surface area contributed by atoms with Crippen LogP contribution in [-0.2, 0) is 17.2 Å². The molecule has 1 N–H and O–H groups in total. The fourth-order valence-electron chi connectivity index (χ4n) is 2.37. The molecule has 4 atom stereocenters. The van der Waals surface area contributed by atoms with Crippen molar-refractivity contribution in [3.05, 3.63) is 35.4 Å². The Kier molecular flexibility index (Phi) is 4.00. The second-order valence-corrected chi connectivity index (χ2v) is 6.73. The first kappa shape index (κ1) is 12.8.